The number of hydrogen-bond donors (Lipinski definition) is 2. The molecule has 1 saturated heterocycles. The first kappa shape index (κ1) is 15.9. The number of likely N-dealkylation sites (tertiary alicyclic amines) is 1. The van der Waals surface area contributed by atoms with Crippen molar-refractivity contribution in [1.29, 1.82) is 0 Å². The van der Waals surface area contributed by atoms with Gasteiger partial charge in [0, 0.05) is 35.4 Å². The summed E-state index contributed by atoms with van der Waals surface area (Å²) in [5.41, 5.74) is 18.2. The zero-order chi connectivity index (χ0) is 17.6. The smallest absolute Gasteiger partial charge is 0.0851 e. The van der Waals surface area contributed by atoms with Gasteiger partial charge >= 0.3 is 0 Å². The molecule has 130 valence electrons. The van der Waals surface area contributed by atoms with Crippen molar-refractivity contribution in [3.63, 3.8) is 0 Å². The van der Waals surface area contributed by atoms with Gasteiger partial charge in [-0.2, -0.15) is 4.91 Å². The highest BCUT2D eigenvalue weighted by Gasteiger charge is 2.49. The lowest BCUT2D eigenvalue weighted by atomic mass is 9.68. The molecule has 0 saturated carbocycles. The molecule has 0 amide bonds. The topological polar surface area (TPSA) is 138 Å². The van der Waals surface area contributed by atoms with Gasteiger partial charge in [-0.25, -0.2) is 0 Å². The Morgan fingerprint density at radius 3 is 3.04 bits per heavy atom. The fourth-order valence-corrected chi connectivity index (χ4v) is 4.63. The van der Waals surface area contributed by atoms with E-state index >= 15 is 0 Å². The number of nitrogen functional groups attached to an aromatic ring is 1. The second-order valence-corrected chi connectivity index (χ2v) is 7.03. The van der Waals surface area contributed by atoms with Gasteiger partial charge in [-0.15, -0.1) is 0 Å². The molecule has 2 aliphatic rings. The molecule has 1 fully saturated rings. The van der Waals surface area contributed by atoms with Crippen LogP contribution in [0.5, 0.6) is 0 Å². The lowest BCUT2D eigenvalue weighted by Gasteiger charge is -2.53. The summed E-state index contributed by atoms with van der Waals surface area (Å²) in [5, 5.41) is 7.96. The summed E-state index contributed by atoms with van der Waals surface area (Å²) in [6.45, 7) is 1.000. The third-order valence-electron chi connectivity index (χ3n) is 5.69. The number of azide groups is 1. The lowest BCUT2D eigenvalue weighted by molar-refractivity contribution is 0.00457. The van der Waals surface area contributed by atoms with Gasteiger partial charge in [-0.05, 0) is 35.1 Å². The van der Waals surface area contributed by atoms with Crippen molar-refractivity contribution in [2.24, 2.45) is 21.9 Å². The van der Waals surface area contributed by atoms with Gasteiger partial charge in [0.05, 0.1) is 24.4 Å². The average molecular weight is 340 g/mol. The molecule has 4 rings (SSSR count). The summed E-state index contributed by atoms with van der Waals surface area (Å²) in [6, 6.07) is 6.06. The second-order valence-electron chi connectivity index (χ2n) is 7.03. The van der Waals surface area contributed by atoms with Crippen LogP contribution in [0.4, 0.5) is 0 Å². The maximum Gasteiger partial charge on any atom is 0.0851 e. The monoisotopic (exact) mass is 340 g/mol. The van der Waals surface area contributed by atoms with Crippen molar-refractivity contribution in [3.8, 4) is 0 Å². The van der Waals surface area contributed by atoms with Crippen LogP contribution in [0, 0.1) is 10.8 Å². The van der Waals surface area contributed by atoms with E-state index in [4.69, 9.17) is 17.1 Å². The number of fused-ring (bicyclic) bond motifs is 2. The summed E-state index contributed by atoms with van der Waals surface area (Å²) in [7, 11) is 0. The molecule has 9 heteroatoms. The van der Waals surface area contributed by atoms with Crippen molar-refractivity contribution < 1.29 is 0 Å². The Morgan fingerprint density at radius 1 is 1.44 bits per heavy atom. The summed E-state index contributed by atoms with van der Waals surface area (Å²) in [6.07, 6.45) is 3.32. The van der Waals surface area contributed by atoms with Crippen LogP contribution in [0.3, 0.4) is 0 Å². The van der Waals surface area contributed by atoms with Gasteiger partial charge in [-0.3, -0.25) is 9.58 Å². The predicted molar refractivity (Wildman–Crippen MR) is 94.9 cm³/mol. The molecule has 9 nitrogen and oxygen atoms in total. The SMILES string of the molecule is [N-]=[N+]=NCN1C[C@H](CN=O)CC2c3cccc4c3c(cn4N)C[C@]21N. The Bertz CT molecular complexity index is 886. The first-order chi connectivity index (χ1) is 12.1. The number of nitrogens with two attached hydrogens (primary N) is 2. The average Bonchev–Trinajstić information content (AvgIpc) is 2.91. The minimum atomic E-state index is -0.670. The molecule has 25 heavy (non-hydrogen) atoms. The van der Waals surface area contributed by atoms with E-state index in [2.05, 4.69) is 21.3 Å². The molecule has 1 unspecified atom stereocenters. The zero-order valence-electron chi connectivity index (χ0n) is 13.7. The molecule has 0 bridgehead atoms. The minimum Gasteiger partial charge on any atom is -0.339 e. The highest BCUT2D eigenvalue weighted by molar-refractivity contribution is 5.89. The van der Waals surface area contributed by atoms with Crippen molar-refractivity contribution in [3.05, 3.63) is 50.9 Å². The summed E-state index contributed by atoms with van der Waals surface area (Å²) < 4.78 is 1.64. The lowest BCUT2D eigenvalue weighted by Crippen LogP contribution is -2.66. The highest BCUT2D eigenvalue weighted by Crippen LogP contribution is 2.48. The van der Waals surface area contributed by atoms with Crippen LogP contribution in [0.25, 0.3) is 21.3 Å². The van der Waals surface area contributed by atoms with Gasteiger partial charge in [0.2, 0.25) is 0 Å². The van der Waals surface area contributed by atoms with E-state index in [0.29, 0.717) is 13.0 Å². The first-order valence-electron chi connectivity index (χ1n) is 8.30. The largest absolute Gasteiger partial charge is 0.339 e. The number of nitroso groups, excluding NO2 is 1. The van der Waals surface area contributed by atoms with Crippen molar-refractivity contribution in [2.75, 3.05) is 25.6 Å². The van der Waals surface area contributed by atoms with Crippen molar-refractivity contribution in [1.82, 2.24) is 9.58 Å². The molecule has 0 spiro atoms. The van der Waals surface area contributed by atoms with E-state index in [1.165, 1.54) is 0 Å². The molecular weight excluding hydrogens is 320 g/mol. The fourth-order valence-electron chi connectivity index (χ4n) is 4.63. The molecular formula is C16H20N8O. The Labute approximate surface area is 144 Å². The van der Waals surface area contributed by atoms with Gasteiger partial charge in [-0.1, -0.05) is 22.4 Å². The van der Waals surface area contributed by atoms with Gasteiger partial charge < -0.3 is 11.6 Å². The fraction of sp³-hybridized carbons (Fsp3) is 0.500. The van der Waals surface area contributed by atoms with E-state index in [-0.39, 0.29) is 25.0 Å². The summed E-state index contributed by atoms with van der Waals surface area (Å²) >= 11 is 0. The van der Waals surface area contributed by atoms with Crippen LogP contribution in [-0.4, -0.2) is 35.0 Å². The molecule has 1 aromatic carbocycles. The molecule has 1 aromatic heterocycles. The molecule has 2 heterocycles. The number of nitrogens with zero attached hydrogens (tertiary/aromatic N) is 6. The van der Waals surface area contributed by atoms with E-state index in [9.17, 15) is 4.91 Å². The van der Waals surface area contributed by atoms with Crippen LogP contribution in [0.2, 0.25) is 0 Å². The molecule has 2 aromatic rings. The zero-order valence-corrected chi connectivity index (χ0v) is 13.7. The third kappa shape index (κ3) is 2.28. The maximum absolute atomic E-state index is 10.8. The number of benzene rings is 1. The third-order valence-corrected chi connectivity index (χ3v) is 5.69. The van der Waals surface area contributed by atoms with Gasteiger partial charge in [0.1, 0.15) is 0 Å². The minimum absolute atomic E-state index is 0.0282. The number of hydrogen-bond acceptors (Lipinski definition) is 6. The Balaban J connectivity index is 1.86. The van der Waals surface area contributed by atoms with E-state index in [0.717, 1.165) is 28.5 Å². The molecule has 0 radical (unpaired) electrons. The standard InChI is InChI=1S/C16H20N8O/c17-16-5-11-8-24(19)14-3-1-2-12(15(11)14)13(16)4-10(6-21-25)7-23(16)9-20-22-18/h1-3,8,10,13H,4-7,9,17,19H2/t10-,13?,16+/m0/s1. The second kappa shape index (κ2) is 5.73. The molecule has 4 N–H and O–H groups in total. The van der Waals surface area contributed by atoms with Crippen molar-refractivity contribution >= 4 is 10.9 Å². The first-order valence-corrected chi connectivity index (χ1v) is 8.30. The van der Waals surface area contributed by atoms with Crippen molar-refractivity contribution in [2.45, 2.75) is 24.4 Å². The Morgan fingerprint density at radius 2 is 2.28 bits per heavy atom. The summed E-state index contributed by atoms with van der Waals surface area (Å²) in [4.78, 5) is 15.7. The predicted octanol–water partition coefficient (Wildman–Crippen LogP) is 2.01. The maximum atomic E-state index is 10.8. The molecule has 1 aliphatic heterocycles. The summed E-state index contributed by atoms with van der Waals surface area (Å²) in [5.74, 6) is 6.23. The van der Waals surface area contributed by atoms with E-state index < -0.39 is 5.66 Å². The van der Waals surface area contributed by atoms with Crippen LogP contribution in [0.1, 0.15) is 23.5 Å². The quantitative estimate of drug-likeness (QED) is 0.289. The van der Waals surface area contributed by atoms with Crippen LogP contribution in [0.15, 0.2) is 34.7 Å². The Hall–Kier alpha value is -2.61. The van der Waals surface area contributed by atoms with Crippen LogP contribution < -0.4 is 11.6 Å². The number of rotatable bonds is 4. The Kier molecular flexibility index (Phi) is 3.64. The van der Waals surface area contributed by atoms with Crippen LogP contribution in [-0.2, 0) is 6.42 Å². The molecule has 3 atom stereocenters. The highest BCUT2D eigenvalue weighted by atomic mass is 16.3. The normalized spacial score (nSPS) is 28.4. The van der Waals surface area contributed by atoms with Crippen LogP contribution >= 0.6 is 0 Å². The number of piperidine rings is 1. The van der Waals surface area contributed by atoms with Gasteiger partial charge in [0.25, 0.3) is 0 Å². The van der Waals surface area contributed by atoms with E-state index in [1.54, 1.807) is 4.68 Å². The molecule has 1 aliphatic carbocycles. The van der Waals surface area contributed by atoms with E-state index in [1.807, 2.05) is 23.2 Å². The van der Waals surface area contributed by atoms with Gasteiger partial charge in [0.15, 0.2) is 0 Å². The number of aromatic nitrogens is 1.